The van der Waals surface area contributed by atoms with Gasteiger partial charge in [-0.15, -0.1) is 0 Å². The van der Waals surface area contributed by atoms with E-state index in [-0.39, 0.29) is 35.5 Å². The minimum Gasteiger partial charge on any atom is -0.360 e. The SMILES string of the molecule is CC(=O)c1ccc(Nc2ncnc(NCc3ccc(F)cc3)c2[N+](=O)[O-])cc1. The van der Waals surface area contributed by atoms with Crippen LogP contribution in [0.2, 0.25) is 0 Å². The van der Waals surface area contributed by atoms with Crippen molar-refractivity contribution in [1.82, 2.24) is 9.97 Å². The van der Waals surface area contributed by atoms with Crippen LogP contribution in [0.15, 0.2) is 54.9 Å². The van der Waals surface area contributed by atoms with E-state index in [1.165, 1.54) is 25.4 Å². The van der Waals surface area contributed by atoms with Crippen LogP contribution in [0.3, 0.4) is 0 Å². The summed E-state index contributed by atoms with van der Waals surface area (Å²) in [5.74, 6) is -0.393. The number of carbonyl (C=O) groups is 1. The zero-order chi connectivity index (χ0) is 20.1. The minimum atomic E-state index is -0.584. The molecule has 0 saturated heterocycles. The van der Waals surface area contributed by atoms with Gasteiger partial charge >= 0.3 is 5.69 Å². The van der Waals surface area contributed by atoms with Crippen molar-refractivity contribution < 1.29 is 14.1 Å². The maximum absolute atomic E-state index is 13.0. The highest BCUT2D eigenvalue weighted by molar-refractivity contribution is 5.94. The third kappa shape index (κ3) is 4.44. The molecule has 1 heterocycles. The molecule has 2 N–H and O–H groups in total. The smallest absolute Gasteiger partial charge is 0.353 e. The van der Waals surface area contributed by atoms with Gasteiger partial charge in [0.15, 0.2) is 5.78 Å². The van der Waals surface area contributed by atoms with Crippen molar-refractivity contribution in [2.75, 3.05) is 10.6 Å². The fourth-order valence-electron chi connectivity index (χ4n) is 2.49. The Morgan fingerprint density at radius 2 is 1.71 bits per heavy atom. The first-order valence-corrected chi connectivity index (χ1v) is 8.30. The van der Waals surface area contributed by atoms with E-state index in [1.54, 1.807) is 36.4 Å². The average Bonchev–Trinajstić information content (AvgIpc) is 2.68. The van der Waals surface area contributed by atoms with Crippen LogP contribution in [0, 0.1) is 15.9 Å². The molecule has 0 aliphatic carbocycles. The summed E-state index contributed by atoms with van der Waals surface area (Å²) in [5, 5.41) is 17.3. The van der Waals surface area contributed by atoms with Gasteiger partial charge in [0.1, 0.15) is 12.1 Å². The number of hydrogen-bond donors (Lipinski definition) is 2. The molecular formula is C19H16FN5O3. The molecule has 8 nitrogen and oxygen atoms in total. The Labute approximate surface area is 159 Å². The van der Waals surface area contributed by atoms with E-state index in [0.29, 0.717) is 11.3 Å². The third-order valence-corrected chi connectivity index (χ3v) is 3.93. The lowest BCUT2D eigenvalue weighted by Crippen LogP contribution is -2.08. The molecule has 9 heteroatoms. The van der Waals surface area contributed by atoms with Crippen LogP contribution in [0.5, 0.6) is 0 Å². The van der Waals surface area contributed by atoms with Crippen LogP contribution < -0.4 is 10.6 Å². The molecule has 0 bridgehead atoms. The number of benzene rings is 2. The summed E-state index contributed by atoms with van der Waals surface area (Å²) in [7, 11) is 0. The number of carbonyl (C=O) groups excluding carboxylic acids is 1. The second-order valence-corrected chi connectivity index (χ2v) is 5.92. The van der Waals surface area contributed by atoms with Gasteiger partial charge in [-0.25, -0.2) is 14.4 Å². The first-order valence-electron chi connectivity index (χ1n) is 8.30. The molecule has 0 unspecified atom stereocenters. The molecule has 0 saturated carbocycles. The molecule has 0 amide bonds. The van der Waals surface area contributed by atoms with Crippen LogP contribution in [-0.2, 0) is 6.54 Å². The molecule has 0 fully saturated rings. The number of nitrogens with zero attached hydrogens (tertiary/aromatic N) is 3. The van der Waals surface area contributed by atoms with Crippen molar-refractivity contribution in [1.29, 1.82) is 0 Å². The molecule has 0 spiro atoms. The van der Waals surface area contributed by atoms with E-state index >= 15 is 0 Å². The molecular weight excluding hydrogens is 365 g/mol. The Hall–Kier alpha value is -3.88. The van der Waals surface area contributed by atoms with Crippen LogP contribution in [0.4, 0.5) is 27.4 Å². The van der Waals surface area contributed by atoms with Crippen molar-refractivity contribution in [3.63, 3.8) is 0 Å². The zero-order valence-electron chi connectivity index (χ0n) is 14.8. The van der Waals surface area contributed by atoms with Crippen LogP contribution in [0.25, 0.3) is 0 Å². The predicted octanol–water partition coefficient (Wildman–Crippen LogP) is 4.08. The van der Waals surface area contributed by atoms with Crippen molar-refractivity contribution in [2.24, 2.45) is 0 Å². The molecule has 3 aromatic rings. The van der Waals surface area contributed by atoms with E-state index in [2.05, 4.69) is 20.6 Å². The fraction of sp³-hybridized carbons (Fsp3) is 0.105. The Morgan fingerprint density at radius 1 is 1.07 bits per heavy atom. The summed E-state index contributed by atoms with van der Waals surface area (Å²) < 4.78 is 13.0. The second kappa shape index (κ2) is 8.21. The molecule has 142 valence electrons. The highest BCUT2D eigenvalue weighted by atomic mass is 19.1. The largest absolute Gasteiger partial charge is 0.360 e. The normalized spacial score (nSPS) is 10.4. The molecule has 1 aromatic heterocycles. The topological polar surface area (TPSA) is 110 Å². The molecule has 3 rings (SSSR count). The van der Waals surface area contributed by atoms with E-state index < -0.39 is 4.92 Å². The maximum atomic E-state index is 13.0. The maximum Gasteiger partial charge on any atom is 0.353 e. The van der Waals surface area contributed by atoms with Gasteiger partial charge in [0.25, 0.3) is 0 Å². The molecule has 2 aromatic carbocycles. The molecule has 0 aliphatic heterocycles. The summed E-state index contributed by atoms with van der Waals surface area (Å²) in [5.41, 5.74) is 1.49. The summed E-state index contributed by atoms with van der Waals surface area (Å²) in [4.78, 5) is 30.3. The number of nitrogens with one attached hydrogen (secondary N) is 2. The predicted molar refractivity (Wildman–Crippen MR) is 102 cm³/mol. The number of Topliss-reactive ketones (excluding diaryl/α,β-unsaturated/α-hetero) is 1. The Kier molecular flexibility index (Phi) is 5.54. The van der Waals surface area contributed by atoms with Gasteiger partial charge in [-0.3, -0.25) is 14.9 Å². The molecule has 0 atom stereocenters. The molecule has 0 radical (unpaired) electrons. The lowest BCUT2D eigenvalue weighted by Gasteiger charge is -2.10. The number of aromatic nitrogens is 2. The Morgan fingerprint density at radius 3 is 2.32 bits per heavy atom. The third-order valence-electron chi connectivity index (χ3n) is 3.93. The van der Waals surface area contributed by atoms with Gasteiger partial charge in [0.05, 0.1) is 4.92 Å². The lowest BCUT2D eigenvalue weighted by atomic mass is 10.1. The highest BCUT2D eigenvalue weighted by Gasteiger charge is 2.23. The number of anilines is 3. The Bertz CT molecular complexity index is 1010. The van der Waals surface area contributed by atoms with Crippen molar-refractivity contribution in [2.45, 2.75) is 13.5 Å². The zero-order valence-corrected chi connectivity index (χ0v) is 14.8. The Balaban J connectivity index is 1.83. The van der Waals surface area contributed by atoms with Gasteiger partial charge in [-0.05, 0) is 48.9 Å². The number of halogens is 1. The van der Waals surface area contributed by atoms with Gasteiger partial charge in [0.2, 0.25) is 11.6 Å². The summed E-state index contributed by atoms with van der Waals surface area (Å²) in [6.45, 7) is 1.68. The number of rotatable bonds is 7. The van der Waals surface area contributed by atoms with Crippen molar-refractivity contribution in [3.05, 3.63) is 81.9 Å². The summed E-state index contributed by atoms with van der Waals surface area (Å²) in [6.07, 6.45) is 1.20. The fourth-order valence-corrected chi connectivity index (χ4v) is 2.49. The van der Waals surface area contributed by atoms with Gasteiger partial charge in [-0.1, -0.05) is 12.1 Å². The summed E-state index contributed by atoms with van der Waals surface area (Å²) >= 11 is 0. The number of ketones is 1. The molecule has 28 heavy (non-hydrogen) atoms. The quantitative estimate of drug-likeness (QED) is 0.360. The average molecular weight is 381 g/mol. The van der Waals surface area contributed by atoms with Crippen LogP contribution in [0.1, 0.15) is 22.8 Å². The van der Waals surface area contributed by atoms with Gasteiger partial charge in [-0.2, -0.15) is 0 Å². The first kappa shape index (κ1) is 18.9. The van der Waals surface area contributed by atoms with Crippen LogP contribution >= 0.6 is 0 Å². The molecule has 0 aliphatic rings. The second-order valence-electron chi connectivity index (χ2n) is 5.92. The standard InChI is InChI=1S/C19H16FN5O3/c1-12(26)14-4-8-16(9-5-14)24-19-17(25(27)28)18(22-11-23-19)21-10-13-2-6-15(20)7-3-13/h2-9,11H,10H2,1H3,(H2,21,22,23,24). The monoisotopic (exact) mass is 381 g/mol. The van der Waals surface area contributed by atoms with Crippen molar-refractivity contribution in [3.8, 4) is 0 Å². The van der Waals surface area contributed by atoms with E-state index in [4.69, 9.17) is 0 Å². The summed E-state index contributed by atoms with van der Waals surface area (Å²) in [6, 6.07) is 12.3. The van der Waals surface area contributed by atoms with Crippen LogP contribution in [-0.4, -0.2) is 20.7 Å². The van der Waals surface area contributed by atoms with Gasteiger partial charge in [0, 0.05) is 17.8 Å². The number of hydrogen-bond acceptors (Lipinski definition) is 7. The highest BCUT2D eigenvalue weighted by Crippen LogP contribution is 2.31. The first-order chi connectivity index (χ1) is 13.4. The lowest BCUT2D eigenvalue weighted by molar-refractivity contribution is -0.383. The van der Waals surface area contributed by atoms with E-state index in [1.807, 2.05) is 0 Å². The van der Waals surface area contributed by atoms with E-state index in [0.717, 1.165) is 5.56 Å². The van der Waals surface area contributed by atoms with Crippen molar-refractivity contribution >= 4 is 28.8 Å². The number of nitro groups is 1. The van der Waals surface area contributed by atoms with E-state index in [9.17, 15) is 19.3 Å². The minimum absolute atomic E-state index is 0.0113. The van der Waals surface area contributed by atoms with Gasteiger partial charge < -0.3 is 10.6 Å².